The minimum absolute atomic E-state index is 0.331. The van der Waals surface area contributed by atoms with Gasteiger partial charge in [-0.1, -0.05) is 73.7 Å². The zero-order valence-electron chi connectivity index (χ0n) is 18.3. The van der Waals surface area contributed by atoms with Gasteiger partial charge in [-0.25, -0.2) is 4.79 Å². The van der Waals surface area contributed by atoms with E-state index in [9.17, 15) is 4.79 Å². The molecule has 0 heterocycles. The first-order valence-electron chi connectivity index (χ1n) is 10.5. The first-order valence-corrected chi connectivity index (χ1v) is 10.5. The summed E-state index contributed by atoms with van der Waals surface area (Å²) in [6, 6.07) is 26.9. The SMILES string of the molecule is CCOC(=O)C=Cc1ccc(C(=C(CC)c2ccccc2)c2ccc(OC)cc2)cc1. The molecule has 0 saturated carbocycles. The number of methoxy groups -OCH3 is 1. The highest BCUT2D eigenvalue weighted by Crippen LogP contribution is 2.35. The summed E-state index contributed by atoms with van der Waals surface area (Å²) in [7, 11) is 1.68. The van der Waals surface area contributed by atoms with Gasteiger partial charge in [-0.3, -0.25) is 0 Å². The fraction of sp³-hybridized carbons (Fsp3) is 0.179. The molecule has 0 amide bonds. The predicted molar refractivity (Wildman–Crippen MR) is 128 cm³/mol. The second kappa shape index (κ2) is 11.0. The Hall–Kier alpha value is -3.59. The maximum atomic E-state index is 11.6. The van der Waals surface area contributed by atoms with Gasteiger partial charge in [0.05, 0.1) is 13.7 Å². The van der Waals surface area contributed by atoms with E-state index in [0.29, 0.717) is 6.61 Å². The maximum absolute atomic E-state index is 11.6. The molecule has 0 saturated heterocycles. The monoisotopic (exact) mass is 412 g/mol. The molecule has 0 fully saturated rings. The summed E-state index contributed by atoms with van der Waals surface area (Å²) in [5.41, 5.74) is 6.89. The molecule has 3 rings (SSSR count). The van der Waals surface area contributed by atoms with Gasteiger partial charge in [-0.15, -0.1) is 0 Å². The van der Waals surface area contributed by atoms with Crippen LogP contribution in [0, 0.1) is 0 Å². The Bertz CT molecular complexity index is 1040. The Morgan fingerprint density at radius 1 is 0.806 bits per heavy atom. The molecule has 0 atom stereocenters. The van der Waals surface area contributed by atoms with Crippen LogP contribution in [0.15, 0.2) is 84.9 Å². The third-order valence-corrected chi connectivity index (χ3v) is 5.05. The number of ether oxygens (including phenoxy) is 2. The van der Waals surface area contributed by atoms with E-state index >= 15 is 0 Å². The fourth-order valence-electron chi connectivity index (χ4n) is 3.55. The lowest BCUT2D eigenvalue weighted by atomic mass is 9.88. The van der Waals surface area contributed by atoms with Crippen molar-refractivity contribution in [2.24, 2.45) is 0 Å². The Labute approximate surface area is 184 Å². The zero-order chi connectivity index (χ0) is 22.1. The van der Waals surface area contributed by atoms with Gasteiger partial charge in [-0.2, -0.15) is 0 Å². The van der Waals surface area contributed by atoms with E-state index in [4.69, 9.17) is 9.47 Å². The largest absolute Gasteiger partial charge is 0.497 e. The van der Waals surface area contributed by atoms with Crippen LogP contribution in [0.5, 0.6) is 5.75 Å². The molecule has 3 aromatic carbocycles. The molecule has 0 unspecified atom stereocenters. The Morgan fingerprint density at radius 2 is 1.42 bits per heavy atom. The summed E-state index contributed by atoms with van der Waals surface area (Å²) in [6.07, 6.45) is 4.13. The van der Waals surface area contributed by atoms with Crippen LogP contribution in [-0.4, -0.2) is 19.7 Å². The lowest BCUT2D eigenvalue weighted by molar-refractivity contribution is -0.137. The molecule has 0 N–H and O–H groups in total. The quantitative estimate of drug-likeness (QED) is 0.236. The van der Waals surface area contributed by atoms with Gasteiger partial charge < -0.3 is 9.47 Å². The van der Waals surface area contributed by atoms with Crippen LogP contribution in [0.1, 0.15) is 42.5 Å². The molecule has 0 aromatic heterocycles. The van der Waals surface area contributed by atoms with Crippen molar-refractivity contribution in [3.05, 3.63) is 107 Å². The van der Waals surface area contributed by atoms with Gasteiger partial charge in [-0.05, 0) is 65.0 Å². The number of carbonyl (C=O) groups excluding carboxylic acids is 1. The number of hydrogen-bond acceptors (Lipinski definition) is 3. The van der Waals surface area contributed by atoms with Crippen LogP contribution in [0.25, 0.3) is 17.2 Å². The first kappa shape index (κ1) is 22.1. The third-order valence-electron chi connectivity index (χ3n) is 5.05. The fourth-order valence-corrected chi connectivity index (χ4v) is 3.55. The molecule has 3 heteroatoms. The number of esters is 1. The van der Waals surface area contributed by atoms with Gasteiger partial charge in [0.15, 0.2) is 0 Å². The van der Waals surface area contributed by atoms with Crippen molar-refractivity contribution in [2.45, 2.75) is 20.3 Å². The van der Waals surface area contributed by atoms with Gasteiger partial charge in [0.1, 0.15) is 5.75 Å². The highest BCUT2D eigenvalue weighted by atomic mass is 16.5. The van der Waals surface area contributed by atoms with E-state index in [0.717, 1.165) is 28.9 Å². The summed E-state index contributed by atoms with van der Waals surface area (Å²) in [5.74, 6) is 0.503. The van der Waals surface area contributed by atoms with Crippen LogP contribution >= 0.6 is 0 Å². The molecule has 3 aromatic rings. The number of allylic oxidation sites excluding steroid dienone is 1. The highest BCUT2D eigenvalue weighted by Gasteiger charge is 2.13. The molecule has 0 aliphatic carbocycles. The summed E-state index contributed by atoms with van der Waals surface area (Å²) in [6.45, 7) is 4.35. The lowest BCUT2D eigenvalue weighted by Gasteiger charge is -2.17. The summed E-state index contributed by atoms with van der Waals surface area (Å²) in [4.78, 5) is 11.6. The van der Waals surface area contributed by atoms with Gasteiger partial charge in [0, 0.05) is 6.08 Å². The second-order valence-corrected chi connectivity index (χ2v) is 7.01. The zero-order valence-corrected chi connectivity index (χ0v) is 18.3. The van der Waals surface area contributed by atoms with Gasteiger partial charge in [0.2, 0.25) is 0 Å². The van der Waals surface area contributed by atoms with Gasteiger partial charge in [0.25, 0.3) is 0 Å². The Balaban J connectivity index is 2.06. The summed E-state index contributed by atoms with van der Waals surface area (Å²) >= 11 is 0. The van der Waals surface area contributed by atoms with E-state index in [1.54, 1.807) is 20.1 Å². The molecule has 158 valence electrons. The van der Waals surface area contributed by atoms with Crippen molar-refractivity contribution >= 4 is 23.2 Å². The van der Waals surface area contributed by atoms with Crippen LogP contribution < -0.4 is 4.74 Å². The van der Waals surface area contributed by atoms with Crippen LogP contribution in [0.3, 0.4) is 0 Å². The van der Waals surface area contributed by atoms with Crippen molar-refractivity contribution in [1.29, 1.82) is 0 Å². The molecule has 0 spiro atoms. The number of carbonyl (C=O) groups is 1. The molecule has 3 nitrogen and oxygen atoms in total. The topological polar surface area (TPSA) is 35.5 Å². The van der Waals surface area contributed by atoms with E-state index in [-0.39, 0.29) is 5.97 Å². The number of hydrogen-bond donors (Lipinski definition) is 0. The summed E-state index contributed by atoms with van der Waals surface area (Å²) in [5, 5.41) is 0. The van der Waals surface area contributed by atoms with Crippen LogP contribution in [0.2, 0.25) is 0 Å². The van der Waals surface area contributed by atoms with Crippen molar-refractivity contribution < 1.29 is 14.3 Å². The third kappa shape index (κ3) is 5.73. The maximum Gasteiger partial charge on any atom is 0.330 e. The normalized spacial score (nSPS) is 11.8. The molecular formula is C28H28O3. The summed E-state index contributed by atoms with van der Waals surface area (Å²) < 4.78 is 10.3. The highest BCUT2D eigenvalue weighted by molar-refractivity contribution is 5.98. The van der Waals surface area contributed by atoms with Crippen molar-refractivity contribution in [2.75, 3.05) is 13.7 Å². The lowest BCUT2D eigenvalue weighted by Crippen LogP contribution is -1.98. The minimum Gasteiger partial charge on any atom is -0.497 e. The minimum atomic E-state index is -0.331. The Morgan fingerprint density at radius 3 is 1.97 bits per heavy atom. The molecule has 0 bridgehead atoms. The number of rotatable bonds is 8. The standard InChI is InChI=1S/C28H28O3/c1-4-26(22-9-7-6-8-10-22)28(24-16-18-25(30-3)19-17-24)23-14-11-21(12-15-23)13-20-27(29)31-5-2/h6-20H,4-5H2,1-3H3. The predicted octanol–water partition coefficient (Wildman–Crippen LogP) is 6.64. The average Bonchev–Trinajstić information content (AvgIpc) is 2.82. The smallest absolute Gasteiger partial charge is 0.330 e. The molecule has 31 heavy (non-hydrogen) atoms. The van der Waals surface area contributed by atoms with E-state index in [1.807, 2.05) is 30.3 Å². The van der Waals surface area contributed by atoms with Crippen molar-refractivity contribution in [3.63, 3.8) is 0 Å². The molecule has 0 aliphatic heterocycles. The molecule has 0 aliphatic rings. The average molecular weight is 413 g/mol. The van der Waals surface area contributed by atoms with Crippen molar-refractivity contribution in [3.8, 4) is 5.75 Å². The van der Waals surface area contributed by atoms with E-state index < -0.39 is 0 Å². The molecular weight excluding hydrogens is 384 g/mol. The van der Waals surface area contributed by atoms with E-state index in [1.165, 1.54) is 22.8 Å². The molecule has 0 radical (unpaired) electrons. The van der Waals surface area contributed by atoms with Gasteiger partial charge >= 0.3 is 5.97 Å². The van der Waals surface area contributed by atoms with E-state index in [2.05, 4.69) is 55.5 Å². The number of benzene rings is 3. The van der Waals surface area contributed by atoms with Crippen LogP contribution in [-0.2, 0) is 9.53 Å². The second-order valence-electron chi connectivity index (χ2n) is 7.01. The van der Waals surface area contributed by atoms with Crippen LogP contribution in [0.4, 0.5) is 0 Å². The first-order chi connectivity index (χ1) is 15.2. The van der Waals surface area contributed by atoms with Crippen molar-refractivity contribution in [1.82, 2.24) is 0 Å². The Kier molecular flexibility index (Phi) is 7.83.